The van der Waals surface area contributed by atoms with E-state index in [1.807, 2.05) is 61.0 Å². The Labute approximate surface area is 171 Å². The van der Waals surface area contributed by atoms with E-state index in [1.54, 1.807) is 0 Å². The van der Waals surface area contributed by atoms with Crippen LogP contribution in [0.2, 0.25) is 0 Å². The van der Waals surface area contributed by atoms with Gasteiger partial charge in [-0.25, -0.2) is 0 Å². The molecular weight excluding hydrogens is 424 g/mol. The first-order chi connectivity index (χ1) is 13.0. The van der Waals surface area contributed by atoms with E-state index in [1.165, 1.54) is 11.8 Å². The molecule has 0 unspecified atom stereocenters. The van der Waals surface area contributed by atoms with Gasteiger partial charge >= 0.3 is 0 Å². The van der Waals surface area contributed by atoms with Gasteiger partial charge in [0.2, 0.25) is 5.91 Å². The van der Waals surface area contributed by atoms with E-state index in [2.05, 4.69) is 38.4 Å². The van der Waals surface area contributed by atoms with Crippen LogP contribution in [-0.2, 0) is 18.3 Å². The molecule has 140 valence electrons. The van der Waals surface area contributed by atoms with Crippen LogP contribution in [0, 0.1) is 6.92 Å². The molecule has 1 N–H and O–H groups in total. The number of carbonyl (C=O) groups excluding carboxylic acids is 1. The molecule has 0 saturated heterocycles. The molecule has 0 aliphatic rings. The average molecular weight is 445 g/mol. The highest BCUT2D eigenvalue weighted by Crippen LogP contribution is 2.29. The number of para-hydroxylation sites is 1. The maximum Gasteiger partial charge on any atom is 0.234 e. The molecule has 1 aromatic heterocycles. The molecule has 0 radical (unpaired) electrons. The Morgan fingerprint density at radius 2 is 1.96 bits per heavy atom. The van der Waals surface area contributed by atoms with Crippen LogP contribution in [-0.4, -0.2) is 26.4 Å². The number of carbonyl (C=O) groups is 1. The van der Waals surface area contributed by atoms with Gasteiger partial charge in [0, 0.05) is 22.8 Å². The molecule has 0 aliphatic carbocycles. The topological polar surface area (TPSA) is 59.8 Å². The van der Waals surface area contributed by atoms with Gasteiger partial charge in [0.05, 0.1) is 5.75 Å². The number of amides is 1. The number of nitrogens with zero attached hydrogens (tertiary/aromatic N) is 3. The molecule has 5 nitrogen and oxygen atoms in total. The maximum atomic E-state index is 12.5. The predicted octanol–water partition coefficient (Wildman–Crippen LogP) is 4.85. The number of halogens is 1. The summed E-state index contributed by atoms with van der Waals surface area (Å²) < 4.78 is 2.87. The van der Waals surface area contributed by atoms with E-state index >= 15 is 0 Å². The lowest BCUT2D eigenvalue weighted by atomic mass is 10.1. The number of hydrogen-bond acceptors (Lipinski definition) is 4. The van der Waals surface area contributed by atoms with Gasteiger partial charge in [-0.2, -0.15) is 0 Å². The molecule has 27 heavy (non-hydrogen) atoms. The Morgan fingerprint density at radius 1 is 1.19 bits per heavy atom. The lowest BCUT2D eigenvalue weighted by Gasteiger charge is -2.12. The number of benzene rings is 2. The van der Waals surface area contributed by atoms with E-state index < -0.39 is 0 Å². The second-order valence-electron chi connectivity index (χ2n) is 6.14. The molecule has 1 heterocycles. The zero-order valence-corrected chi connectivity index (χ0v) is 17.9. The van der Waals surface area contributed by atoms with Crippen molar-refractivity contribution in [1.82, 2.24) is 14.8 Å². The molecule has 1 amide bonds. The Bertz CT molecular complexity index is 970. The Morgan fingerprint density at radius 3 is 2.70 bits per heavy atom. The summed E-state index contributed by atoms with van der Waals surface area (Å²) in [4.78, 5) is 12.5. The first-order valence-corrected chi connectivity index (χ1v) is 10.4. The largest absolute Gasteiger partial charge is 0.325 e. The summed E-state index contributed by atoms with van der Waals surface area (Å²) in [6, 6.07) is 13.9. The standard InChI is InChI=1S/C20H21BrN4OS/c1-4-14-9-7-8-13(2)18(14)22-17(26)12-27-20-24-23-19(25(20)3)15-10-5-6-11-16(15)21/h5-11H,4,12H2,1-3H3,(H,22,26). The second-order valence-corrected chi connectivity index (χ2v) is 7.94. The van der Waals surface area contributed by atoms with E-state index in [0.717, 1.165) is 39.1 Å². The summed E-state index contributed by atoms with van der Waals surface area (Å²) in [6.45, 7) is 4.09. The Balaban J connectivity index is 1.70. The molecule has 2 aromatic carbocycles. The first kappa shape index (κ1) is 19.6. The molecule has 0 saturated carbocycles. The van der Waals surface area contributed by atoms with Gasteiger partial charge in [-0.1, -0.05) is 71.0 Å². The van der Waals surface area contributed by atoms with Crippen molar-refractivity contribution >= 4 is 39.3 Å². The second kappa shape index (κ2) is 8.71. The minimum atomic E-state index is -0.0468. The highest BCUT2D eigenvalue weighted by Gasteiger charge is 2.15. The third kappa shape index (κ3) is 4.42. The number of aromatic nitrogens is 3. The maximum absolute atomic E-state index is 12.5. The van der Waals surface area contributed by atoms with Gasteiger partial charge in [0.1, 0.15) is 0 Å². The number of thioether (sulfide) groups is 1. The zero-order chi connectivity index (χ0) is 19.4. The van der Waals surface area contributed by atoms with E-state index in [-0.39, 0.29) is 11.7 Å². The molecular formula is C20H21BrN4OS. The van der Waals surface area contributed by atoms with E-state index in [4.69, 9.17) is 0 Å². The molecule has 0 fully saturated rings. The molecule has 3 rings (SSSR count). The van der Waals surface area contributed by atoms with Crippen LogP contribution in [0.15, 0.2) is 52.1 Å². The van der Waals surface area contributed by atoms with Crippen LogP contribution in [0.25, 0.3) is 11.4 Å². The normalized spacial score (nSPS) is 10.8. The molecule has 0 bridgehead atoms. The van der Waals surface area contributed by atoms with Gasteiger partial charge in [0.25, 0.3) is 0 Å². The van der Waals surface area contributed by atoms with Crippen LogP contribution in [0.4, 0.5) is 5.69 Å². The average Bonchev–Trinajstić information content (AvgIpc) is 3.02. The molecule has 0 atom stereocenters. The molecule has 3 aromatic rings. The summed E-state index contributed by atoms with van der Waals surface area (Å²) in [6.07, 6.45) is 0.878. The molecule has 0 aliphatic heterocycles. The fourth-order valence-electron chi connectivity index (χ4n) is 2.83. The first-order valence-electron chi connectivity index (χ1n) is 8.66. The smallest absolute Gasteiger partial charge is 0.234 e. The number of anilines is 1. The van der Waals surface area contributed by atoms with Crippen molar-refractivity contribution in [1.29, 1.82) is 0 Å². The monoisotopic (exact) mass is 444 g/mol. The van der Waals surface area contributed by atoms with Crippen LogP contribution in [0.3, 0.4) is 0 Å². The van der Waals surface area contributed by atoms with Crippen LogP contribution in [0.5, 0.6) is 0 Å². The van der Waals surface area contributed by atoms with Crippen molar-refractivity contribution in [3.05, 3.63) is 58.1 Å². The highest BCUT2D eigenvalue weighted by atomic mass is 79.9. The number of nitrogens with one attached hydrogen (secondary N) is 1. The van der Waals surface area contributed by atoms with Gasteiger partial charge in [-0.3, -0.25) is 4.79 Å². The lowest BCUT2D eigenvalue weighted by Crippen LogP contribution is -2.16. The summed E-state index contributed by atoms with van der Waals surface area (Å²) in [5, 5.41) is 12.3. The molecule has 7 heteroatoms. The number of hydrogen-bond donors (Lipinski definition) is 1. The quantitative estimate of drug-likeness (QED) is 0.552. The lowest BCUT2D eigenvalue weighted by molar-refractivity contribution is -0.113. The van der Waals surface area contributed by atoms with Gasteiger partial charge in [-0.15, -0.1) is 10.2 Å². The SMILES string of the molecule is CCc1cccc(C)c1NC(=O)CSc1nnc(-c2ccccc2Br)n1C. The van der Waals surface area contributed by atoms with Crippen molar-refractivity contribution in [2.75, 3.05) is 11.1 Å². The van der Waals surface area contributed by atoms with Gasteiger partial charge in [-0.05, 0) is 30.5 Å². The van der Waals surface area contributed by atoms with Crippen LogP contribution < -0.4 is 5.32 Å². The Kier molecular flexibility index (Phi) is 6.34. The number of rotatable bonds is 6. The third-order valence-electron chi connectivity index (χ3n) is 4.29. The van der Waals surface area contributed by atoms with Crippen molar-refractivity contribution in [2.45, 2.75) is 25.4 Å². The summed E-state index contributed by atoms with van der Waals surface area (Å²) in [7, 11) is 1.91. The van der Waals surface area contributed by atoms with E-state index in [9.17, 15) is 4.79 Å². The van der Waals surface area contributed by atoms with Crippen molar-refractivity contribution in [3.8, 4) is 11.4 Å². The minimum absolute atomic E-state index is 0.0468. The Hall–Kier alpha value is -2.12. The van der Waals surface area contributed by atoms with Crippen LogP contribution >= 0.6 is 27.7 Å². The number of aryl methyl sites for hydroxylation is 2. The highest BCUT2D eigenvalue weighted by molar-refractivity contribution is 9.10. The van der Waals surface area contributed by atoms with Crippen molar-refractivity contribution in [3.63, 3.8) is 0 Å². The van der Waals surface area contributed by atoms with Crippen LogP contribution in [0.1, 0.15) is 18.1 Å². The third-order valence-corrected chi connectivity index (χ3v) is 6.00. The van der Waals surface area contributed by atoms with Crippen molar-refractivity contribution in [2.24, 2.45) is 7.05 Å². The fourth-order valence-corrected chi connectivity index (χ4v) is 4.00. The summed E-state index contributed by atoms with van der Waals surface area (Å²) in [5.41, 5.74) is 4.10. The minimum Gasteiger partial charge on any atom is -0.325 e. The van der Waals surface area contributed by atoms with E-state index in [0.29, 0.717) is 5.16 Å². The van der Waals surface area contributed by atoms with Gasteiger partial charge in [0.15, 0.2) is 11.0 Å². The van der Waals surface area contributed by atoms with Gasteiger partial charge < -0.3 is 9.88 Å². The molecule has 0 spiro atoms. The summed E-state index contributed by atoms with van der Waals surface area (Å²) >= 11 is 4.92. The zero-order valence-electron chi connectivity index (χ0n) is 15.5. The fraction of sp³-hybridized carbons (Fsp3) is 0.250. The summed E-state index contributed by atoms with van der Waals surface area (Å²) in [5.74, 6) is 0.992. The predicted molar refractivity (Wildman–Crippen MR) is 114 cm³/mol. The van der Waals surface area contributed by atoms with Crippen molar-refractivity contribution < 1.29 is 4.79 Å².